The Kier molecular flexibility index (Phi) is 3.14. The van der Waals surface area contributed by atoms with Crippen LogP contribution in [0.15, 0.2) is 11.8 Å². The van der Waals surface area contributed by atoms with Gasteiger partial charge in [-0.05, 0) is 12.8 Å². The number of piperazine rings is 1. The van der Waals surface area contributed by atoms with Gasteiger partial charge in [0.25, 0.3) is 0 Å². The summed E-state index contributed by atoms with van der Waals surface area (Å²) in [5.41, 5.74) is 0.765. The number of carbonyl (C=O) groups is 1. The Morgan fingerprint density at radius 2 is 2.44 bits per heavy atom. The van der Waals surface area contributed by atoms with Gasteiger partial charge in [0.2, 0.25) is 5.91 Å². The van der Waals surface area contributed by atoms with Gasteiger partial charge in [-0.15, -0.1) is 0 Å². The van der Waals surface area contributed by atoms with E-state index in [1.807, 2.05) is 17.9 Å². The van der Waals surface area contributed by atoms with Gasteiger partial charge >= 0.3 is 0 Å². The number of carbonyl (C=O) groups excluding carboxylic acids is 1. The van der Waals surface area contributed by atoms with Crippen LogP contribution in [0.2, 0.25) is 0 Å². The van der Waals surface area contributed by atoms with E-state index in [1.165, 1.54) is 0 Å². The minimum atomic E-state index is 0.280. The third kappa shape index (κ3) is 1.90. The molecular formula is C12H17N3O. The first-order valence-electron chi connectivity index (χ1n) is 5.91. The summed E-state index contributed by atoms with van der Waals surface area (Å²) in [6.45, 7) is 4.42. The maximum Gasteiger partial charge on any atom is 0.223 e. The van der Waals surface area contributed by atoms with E-state index in [9.17, 15) is 4.79 Å². The van der Waals surface area contributed by atoms with Gasteiger partial charge in [-0.3, -0.25) is 4.79 Å². The molecule has 2 aliphatic rings. The van der Waals surface area contributed by atoms with E-state index < -0.39 is 0 Å². The second kappa shape index (κ2) is 4.56. The molecule has 0 N–H and O–H groups in total. The summed E-state index contributed by atoms with van der Waals surface area (Å²) in [7, 11) is 0. The molecule has 0 aliphatic carbocycles. The topological polar surface area (TPSA) is 47.3 Å². The maximum atomic E-state index is 11.5. The van der Waals surface area contributed by atoms with E-state index in [2.05, 4.69) is 11.0 Å². The van der Waals surface area contributed by atoms with Crippen LogP contribution < -0.4 is 0 Å². The molecule has 1 unspecified atom stereocenters. The number of amides is 1. The largest absolute Gasteiger partial charge is 0.359 e. The lowest BCUT2D eigenvalue weighted by atomic mass is 10.1. The van der Waals surface area contributed by atoms with Crippen molar-refractivity contribution < 1.29 is 4.79 Å². The van der Waals surface area contributed by atoms with E-state index in [-0.39, 0.29) is 5.91 Å². The number of hydrogen-bond donors (Lipinski definition) is 0. The second-order valence-corrected chi connectivity index (χ2v) is 4.34. The van der Waals surface area contributed by atoms with Crippen LogP contribution in [0.4, 0.5) is 0 Å². The molecular weight excluding hydrogens is 202 g/mol. The van der Waals surface area contributed by atoms with Gasteiger partial charge in [-0.1, -0.05) is 13.0 Å². The third-order valence-electron chi connectivity index (χ3n) is 3.35. The Bertz CT molecular complexity index is 356. The average Bonchev–Trinajstić information content (AvgIpc) is 2.67. The van der Waals surface area contributed by atoms with Crippen molar-refractivity contribution in [2.45, 2.75) is 32.2 Å². The number of nitrogens with zero attached hydrogens (tertiary/aromatic N) is 3. The second-order valence-electron chi connectivity index (χ2n) is 4.34. The standard InChI is InChI=1S/C12H17N3O/c1-2-3-10(8-13)14-6-7-15-11(9-14)4-5-12(15)16/h3,11H,2,4-7,9H2,1H3. The highest BCUT2D eigenvalue weighted by molar-refractivity contribution is 5.79. The minimum absolute atomic E-state index is 0.280. The highest BCUT2D eigenvalue weighted by Crippen LogP contribution is 2.24. The lowest BCUT2D eigenvalue weighted by Gasteiger charge is -2.38. The molecule has 4 heteroatoms. The van der Waals surface area contributed by atoms with Crippen molar-refractivity contribution >= 4 is 5.91 Å². The lowest BCUT2D eigenvalue weighted by Crippen LogP contribution is -2.50. The van der Waals surface area contributed by atoms with Gasteiger partial charge in [0, 0.05) is 32.1 Å². The van der Waals surface area contributed by atoms with Crippen molar-refractivity contribution in [1.82, 2.24) is 9.80 Å². The predicted octanol–water partition coefficient (Wildman–Crippen LogP) is 1.11. The van der Waals surface area contributed by atoms with E-state index in [0.29, 0.717) is 12.5 Å². The van der Waals surface area contributed by atoms with Crippen molar-refractivity contribution in [3.05, 3.63) is 11.8 Å². The highest BCUT2D eigenvalue weighted by atomic mass is 16.2. The fourth-order valence-corrected chi connectivity index (χ4v) is 2.52. The van der Waals surface area contributed by atoms with Gasteiger partial charge in [-0.25, -0.2) is 0 Å². The van der Waals surface area contributed by atoms with E-state index >= 15 is 0 Å². The summed E-state index contributed by atoms with van der Waals surface area (Å²) in [6.07, 6.45) is 4.47. The van der Waals surface area contributed by atoms with E-state index in [4.69, 9.17) is 5.26 Å². The van der Waals surface area contributed by atoms with Crippen molar-refractivity contribution in [3.8, 4) is 6.07 Å². The zero-order chi connectivity index (χ0) is 11.5. The summed E-state index contributed by atoms with van der Waals surface area (Å²) in [5.74, 6) is 0.280. The molecule has 0 aromatic carbocycles. The SMILES string of the molecule is CCC=C(C#N)N1CCN2C(=O)CCC2C1. The molecule has 2 rings (SSSR count). The van der Waals surface area contributed by atoms with Crippen LogP contribution in [-0.4, -0.2) is 41.4 Å². The van der Waals surface area contributed by atoms with E-state index in [1.54, 1.807) is 0 Å². The summed E-state index contributed by atoms with van der Waals surface area (Å²) >= 11 is 0. The summed E-state index contributed by atoms with van der Waals surface area (Å²) < 4.78 is 0. The summed E-state index contributed by atoms with van der Waals surface area (Å²) in [4.78, 5) is 15.6. The third-order valence-corrected chi connectivity index (χ3v) is 3.35. The summed E-state index contributed by atoms with van der Waals surface area (Å²) in [6, 6.07) is 2.58. The van der Waals surface area contributed by atoms with Gasteiger partial charge in [0.1, 0.15) is 11.8 Å². The molecule has 86 valence electrons. The number of nitriles is 1. The molecule has 0 spiro atoms. The Morgan fingerprint density at radius 3 is 3.12 bits per heavy atom. The van der Waals surface area contributed by atoms with Crippen molar-refractivity contribution in [1.29, 1.82) is 5.26 Å². The monoisotopic (exact) mass is 219 g/mol. The van der Waals surface area contributed by atoms with Gasteiger partial charge in [0.15, 0.2) is 0 Å². The molecule has 0 bridgehead atoms. The molecule has 0 aromatic heterocycles. The van der Waals surface area contributed by atoms with Crippen molar-refractivity contribution in [2.75, 3.05) is 19.6 Å². The fraction of sp³-hybridized carbons (Fsp3) is 0.667. The Balaban J connectivity index is 2.04. The van der Waals surface area contributed by atoms with Crippen molar-refractivity contribution in [2.24, 2.45) is 0 Å². The zero-order valence-electron chi connectivity index (χ0n) is 9.65. The average molecular weight is 219 g/mol. The van der Waals surface area contributed by atoms with Crippen LogP contribution in [0.1, 0.15) is 26.2 Å². The molecule has 1 atom stereocenters. The van der Waals surface area contributed by atoms with E-state index in [0.717, 1.165) is 38.2 Å². The maximum absolute atomic E-state index is 11.5. The van der Waals surface area contributed by atoms with Crippen LogP contribution in [0, 0.1) is 11.3 Å². The molecule has 2 heterocycles. The molecule has 0 aromatic rings. The highest BCUT2D eigenvalue weighted by Gasteiger charge is 2.35. The van der Waals surface area contributed by atoms with Crippen LogP contribution >= 0.6 is 0 Å². The van der Waals surface area contributed by atoms with Crippen LogP contribution in [-0.2, 0) is 4.79 Å². The van der Waals surface area contributed by atoms with Crippen LogP contribution in [0.5, 0.6) is 0 Å². The predicted molar refractivity (Wildman–Crippen MR) is 60.3 cm³/mol. The lowest BCUT2D eigenvalue weighted by molar-refractivity contribution is -0.130. The van der Waals surface area contributed by atoms with Gasteiger partial charge in [-0.2, -0.15) is 5.26 Å². The van der Waals surface area contributed by atoms with Crippen LogP contribution in [0.3, 0.4) is 0 Å². The molecule has 16 heavy (non-hydrogen) atoms. The molecule has 0 saturated carbocycles. The summed E-state index contributed by atoms with van der Waals surface area (Å²) in [5, 5.41) is 9.06. The number of fused-ring (bicyclic) bond motifs is 1. The normalized spacial score (nSPS) is 25.6. The Morgan fingerprint density at radius 1 is 1.62 bits per heavy atom. The molecule has 2 aliphatic heterocycles. The number of allylic oxidation sites excluding steroid dienone is 2. The quantitative estimate of drug-likeness (QED) is 0.654. The fourth-order valence-electron chi connectivity index (χ4n) is 2.52. The molecule has 2 fully saturated rings. The first-order valence-corrected chi connectivity index (χ1v) is 5.91. The molecule has 0 radical (unpaired) electrons. The minimum Gasteiger partial charge on any atom is -0.359 e. The van der Waals surface area contributed by atoms with Crippen molar-refractivity contribution in [3.63, 3.8) is 0 Å². The molecule has 1 amide bonds. The first-order chi connectivity index (χ1) is 7.76. The zero-order valence-corrected chi connectivity index (χ0v) is 9.65. The van der Waals surface area contributed by atoms with Gasteiger partial charge in [0.05, 0.1) is 0 Å². The Labute approximate surface area is 96.1 Å². The first kappa shape index (κ1) is 11.0. The number of rotatable bonds is 2. The Hall–Kier alpha value is -1.50. The van der Waals surface area contributed by atoms with Gasteiger partial charge < -0.3 is 9.80 Å². The molecule has 2 saturated heterocycles. The number of hydrogen-bond acceptors (Lipinski definition) is 3. The van der Waals surface area contributed by atoms with Crippen LogP contribution in [0.25, 0.3) is 0 Å². The smallest absolute Gasteiger partial charge is 0.223 e. The molecule has 4 nitrogen and oxygen atoms in total.